The Morgan fingerprint density at radius 1 is 1.23 bits per heavy atom. The molecule has 0 unspecified atom stereocenters. The van der Waals surface area contributed by atoms with Gasteiger partial charge >= 0.3 is 0 Å². The molecule has 1 atom stereocenters. The molecule has 2 rings (SSSR count). The number of amides is 1. The number of nitrogens with zero attached hydrogens (tertiary/aromatic N) is 3. The number of anilines is 1. The van der Waals surface area contributed by atoms with Gasteiger partial charge in [-0.15, -0.1) is 5.10 Å². The molecular formula is C16H22N4OS. The van der Waals surface area contributed by atoms with Gasteiger partial charge in [-0.2, -0.15) is 5.10 Å². The summed E-state index contributed by atoms with van der Waals surface area (Å²) in [4.78, 5) is 13.8. The Kier molecular flexibility index (Phi) is 6.00. The van der Waals surface area contributed by atoms with Crippen LogP contribution >= 0.6 is 11.8 Å². The molecule has 1 amide bonds. The van der Waals surface area contributed by atoms with E-state index in [9.17, 15) is 4.79 Å². The van der Waals surface area contributed by atoms with Crippen molar-refractivity contribution in [1.82, 2.24) is 5.32 Å². The molecule has 1 saturated heterocycles. The van der Waals surface area contributed by atoms with Crippen molar-refractivity contribution in [1.29, 1.82) is 0 Å². The highest BCUT2D eigenvalue weighted by atomic mass is 32.2. The molecule has 0 spiro atoms. The van der Waals surface area contributed by atoms with Crippen molar-refractivity contribution in [3.05, 3.63) is 29.8 Å². The fourth-order valence-corrected chi connectivity index (χ4v) is 3.08. The van der Waals surface area contributed by atoms with Crippen LogP contribution in [0.2, 0.25) is 0 Å². The van der Waals surface area contributed by atoms with Gasteiger partial charge in [-0.3, -0.25) is 4.79 Å². The maximum atomic E-state index is 11.5. The van der Waals surface area contributed by atoms with Gasteiger partial charge in [-0.1, -0.05) is 30.8 Å². The number of carbonyl (C=O) groups excluding carboxylic acids is 1. The van der Waals surface area contributed by atoms with Crippen LogP contribution in [0.1, 0.15) is 32.8 Å². The number of amidine groups is 1. The summed E-state index contributed by atoms with van der Waals surface area (Å²) in [6.45, 7) is 8.26. The number of benzene rings is 1. The first kappa shape index (κ1) is 16.5. The first-order chi connectivity index (χ1) is 10.7. The number of hydrogen-bond donors (Lipinski definition) is 1. The van der Waals surface area contributed by atoms with Crippen LogP contribution in [0.3, 0.4) is 0 Å². The molecular weight excluding hydrogens is 296 g/mol. The smallest absolute Gasteiger partial charge is 0.239 e. The predicted octanol–water partition coefficient (Wildman–Crippen LogP) is 2.86. The fourth-order valence-electron chi connectivity index (χ4n) is 2.23. The van der Waals surface area contributed by atoms with E-state index in [1.54, 1.807) is 6.21 Å². The minimum absolute atomic E-state index is 0.0185. The Hall–Kier alpha value is -1.82. The van der Waals surface area contributed by atoms with Crippen LogP contribution in [0.15, 0.2) is 34.5 Å². The molecule has 1 aliphatic rings. The third-order valence-corrected chi connectivity index (χ3v) is 4.76. The van der Waals surface area contributed by atoms with Gasteiger partial charge in [0.2, 0.25) is 5.91 Å². The van der Waals surface area contributed by atoms with Gasteiger partial charge in [0.05, 0.1) is 11.5 Å². The SMILES string of the molecule is CC[C@@H]1S/C(=N\N=C\c2ccc(N(CC)CC)cc2)NC1=O. The van der Waals surface area contributed by atoms with Crippen LogP contribution in [0.5, 0.6) is 0 Å². The lowest BCUT2D eigenvalue weighted by Gasteiger charge is -2.20. The minimum atomic E-state index is -0.0395. The van der Waals surface area contributed by atoms with E-state index in [1.807, 2.05) is 19.1 Å². The maximum absolute atomic E-state index is 11.5. The van der Waals surface area contributed by atoms with Gasteiger partial charge < -0.3 is 10.2 Å². The first-order valence-corrected chi connectivity index (χ1v) is 8.49. The minimum Gasteiger partial charge on any atom is -0.372 e. The largest absolute Gasteiger partial charge is 0.372 e. The van der Waals surface area contributed by atoms with Gasteiger partial charge in [-0.05, 0) is 38.0 Å². The molecule has 118 valence electrons. The molecule has 0 aliphatic carbocycles. The van der Waals surface area contributed by atoms with E-state index in [0.717, 1.165) is 25.1 Å². The molecule has 1 fully saturated rings. The lowest BCUT2D eigenvalue weighted by molar-refractivity contribution is -0.118. The van der Waals surface area contributed by atoms with Crippen LogP contribution in [0.25, 0.3) is 0 Å². The zero-order valence-electron chi connectivity index (χ0n) is 13.2. The van der Waals surface area contributed by atoms with Gasteiger partial charge in [0.1, 0.15) is 0 Å². The van der Waals surface area contributed by atoms with Crippen molar-refractivity contribution in [2.24, 2.45) is 10.2 Å². The number of rotatable bonds is 6. The summed E-state index contributed by atoms with van der Waals surface area (Å²) < 4.78 is 0. The topological polar surface area (TPSA) is 57.1 Å². The van der Waals surface area contributed by atoms with E-state index in [0.29, 0.717) is 5.17 Å². The summed E-state index contributed by atoms with van der Waals surface area (Å²) in [6, 6.07) is 8.21. The monoisotopic (exact) mass is 318 g/mol. The van der Waals surface area contributed by atoms with E-state index < -0.39 is 0 Å². The Balaban J connectivity index is 1.98. The van der Waals surface area contributed by atoms with Gasteiger partial charge in [0.15, 0.2) is 5.17 Å². The fraction of sp³-hybridized carbons (Fsp3) is 0.438. The summed E-state index contributed by atoms with van der Waals surface area (Å²) >= 11 is 1.44. The molecule has 22 heavy (non-hydrogen) atoms. The number of carbonyl (C=O) groups is 1. The molecule has 1 N–H and O–H groups in total. The highest BCUT2D eigenvalue weighted by molar-refractivity contribution is 8.15. The molecule has 1 aliphatic heterocycles. The summed E-state index contributed by atoms with van der Waals surface area (Å²) in [5.74, 6) is 0.0185. The zero-order valence-corrected chi connectivity index (χ0v) is 14.1. The predicted molar refractivity (Wildman–Crippen MR) is 94.8 cm³/mol. The van der Waals surface area contributed by atoms with Gasteiger partial charge in [0, 0.05) is 18.8 Å². The Bertz CT molecular complexity index is 564. The third kappa shape index (κ3) is 4.10. The normalized spacial score (nSPS) is 19.9. The third-order valence-electron chi connectivity index (χ3n) is 3.52. The summed E-state index contributed by atoms with van der Waals surface area (Å²) in [5.41, 5.74) is 2.19. The molecule has 6 heteroatoms. The Labute approximate surface area is 135 Å². The first-order valence-electron chi connectivity index (χ1n) is 7.61. The van der Waals surface area contributed by atoms with Crippen molar-refractivity contribution >= 4 is 34.7 Å². The van der Waals surface area contributed by atoms with E-state index >= 15 is 0 Å². The van der Waals surface area contributed by atoms with E-state index in [2.05, 4.69) is 46.4 Å². The van der Waals surface area contributed by atoms with Crippen LogP contribution in [-0.2, 0) is 4.79 Å². The van der Waals surface area contributed by atoms with Crippen LogP contribution in [0, 0.1) is 0 Å². The Morgan fingerprint density at radius 3 is 2.45 bits per heavy atom. The van der Waals surface area contributed by atoms with Crippen LogP contribution < -0.4 is 10.2 Å². The lowest BCUT2D eigenvalue weighted by Crippen LogP contribution is -2.24. The second-order valence-corrected chi connectivity index (χ2v) is 6.11. The molecule has 0 aromatic heterocycles. The highest BCUT2D eigenvalue weighted by Crippen LogP contribution is 2.21. The van der Waals surface area contributed by atoms with Crippen molar-refractivity contribution in [2.75, 3.05) is 18.0 Å². The van der Waals surface area contributed by atoms with Crippen molar-refractivity contribution in [3.63, 3.8) is 0 Å². The summed E-state index contributed by atoms with van der Waals surface area (Å²) in [5, 5.41) is 11.4. The standard InChI is InChI=1S/C16H22N4OS/c1-4-14-15(21)18-16(22-14)19-17-11-12-7-9-13(10-8-12)20(5-2)6-3/h7-11,14H,4-6H2,1-3H3,(H,18,19,21)/b17-11+/t14-/m0/s1. The second kappa shape index (κ2) is 7.98. The summed E-state index contributed by atoms with van der Waals surface area (Å²) in [7, 11) is 0. The summed E-state index contributed by atoms with van der Waals surface area (Å²) in [6.07, 6.45) is 2.50. The second-order valence-electron chi connectivity index (χ2n) is 4.92. The van der Waals surface area contributed by atoms with Crippen molar-refractivity contribution < 1.29 is 4.79 Å². The molecule has 5 nitrogen and oxygen atoms in total. The maximum Gasteiger partial charge on any atom is 0.239 e. The highest BCUT2D eigenvalue weighted by Gasteiger charge is 2.28. The van der Waals surface area contributed by atoms with Crippen LogP contribution in [-0.4, -0.2) is 35.6 Å². The molecule has 1 aromatic rings. The van der Waals surface area contributed by atoms with E-state index in [-0.39, 0.29) is 11.2 Å². The number of thioether (sulfide) groups is 1. The molecule has 1 aromatic carbocycles. The molecule has 0 saturated carbocycles. The quantitative estimate of drug-likeness (QED) is 0.648. The zero-order chi connectivity index (χ0) is 15.9. The van der Waals surface area contributed by atoms with Crippen molar-refractivity contribution in [2.45, 2.75) is 32.4 Å². The average Bonchev–Trinajstić information content (AvgIpc) is 2.90. The lowest BCUT2D eigenvalue weighted by atomic mass is 10.2. The Morgan fingerprint density at radius 2 is 1.91 bits per heavy atom. The number of hydrogen-bond acceptors (Lipinski definition) is 5. The molecule has 0 radical (unpaired) electrons. The van der Waals surface area contributed by atoms with Crippen molar-refractivity contribution in [3.8, 4) is 0 Å². The van der Waals surface area contributed by atoms with Gasteiger partial charge in [0.25, 0.3) is 0 Å². The van der Waals surface area contributed by atoms with E-state index in [1.165, 1.54) is 17.4 Å². The van der Waals surface area contributed by atoms with Crippen LogP contribution in [0.4, 0.5) is 5.69 Å². The molecule has 1 heterocycles. The molecule has 0 bridgehead atoms. The van der Waals surface area contributed by atoms with E-state index in [4.69, 9.17) is 0 Å². The number of nitrogens with one attached hydrogen (secondary N) is 1. The van der Waals surface area contributed by atoms with Gasteiger partial charge in [-0.25, -0.2) is 0 Å². The average molecular weight is 318 g/mol.